The molecule has 1 heterocycles. The molecule has 32 heavy (non-hydrogen) atoms. The standard InChI is InChI=1S/C19H28Cl2N4O5S2/c1-2-11-31(27,28)24-9-10-25(32(29,30)15-7-8-16(20)17(21)12-15)19(24)18(26)23-14-5-3-13(22)4-6-14/h7-8,12-14,19H,2-6,9-11,22H2,1H3,(H,23,26). The summed E-state index contributed by atoms with van der Waals surface area (Å²) in [6.45, 7) is 1.44. The molecule has 1 aromatic carbocycles. The van der Waals surface area contributed by atoms with Gasteiger partial charge in [0.1, 0.15) is 0 Å². The maximum Gasteiger partial charge on any atom is 0.254 e. The Balaban J connectivity index is 1.94. The first-order valence-electron chi connectivity index (χ1n) is 10.5. The highest BCUT2D eigenvalue weighted by Crippen LogP contribution is 2.31. The first-order valence-corrected chi connectivity index (χ1v) is 14.3. The van der Waals surface area contributed by atoms with E-state index < -0.39 is 32.1 Å². The molecule has 1 atom stereocenters. The van der Waals surface area contributed by atoms with Gasteiger partial charge in [0.2, 0.25) is 20.0 Å². The lowest BCUT2D eigenvalue weighted by molar-refractivity contribution is -0.127. The summed E-state index contributed by atoms with van der Waals surface area (Å²) in [6, 6.07) is 3.71. The summed E-state index contributed by atoms with van der Waals surface area (Å²) in [5.74, 6) is -0.846. The molecule has 180 valence electrons. The topological polar surface area (TPSA) is 130 Å². The van der Waals surface area contributed by atoms with E-state index >= 15 is 0 Å². The Hall–Kier alpha value is -0.950. The fourth-order valence-electron chi connectivity index (χ4n) is 4.08. The lowest BCUT2D eigenvalue weighted by Gasteiger charge is -2.32. The van der Waals surface area contributed by atoms with Gasteiger partial charge in [-0.2, -0.15) is 8.61 Å². The van der Waals surface area contributed by atoms with Crippen molar-refractivity contribution in [3.8, 4) is 0 Å². The van der Waals surface area contributed by atoms with E-state index in [-0.39, 0.29) is 45.9 Å². The summed E-state index contributed by atoms with van der Waals surface area (Å²) < 4.78 is 54.4. The molecule has 1 unspecified atom stereocenters. The van der Waals surface area contributed by atoms with Crippen LogP contribution in [-0.4, -0.2) is 68.4 Å². The van der Waals surface area contributed by atoms with E-state index in [0.717, 1.165) is 21.5 Å². The summed E-state index contributed by atoms with van der Waals surface area (Å²) in [6.07, 6.45) is 1.61. The molecule has 1 aliphatic heterocycles. The first kappa shape index (κ1) is 25.7. The minimum Gasteiger partial charge on any atom is -0.351 e. The van der Waals surface area contributed by atoms with Crippen molar-refractivity contribution in [2.24, 2.45) is 5.73 Å². The lowest BCUT2D eigenvalue weighted by atomic mass is 9.92. The van der Waals surface area contributed by atoms with Gasteiger partial charge in [-0.3, -0.25) is 4.79 Å². The van der Waals surface area contributed by atoms with Gasteiger partial charge < -0.3 is 11.1 Å². The Bertz CT molecular complexity index is 1060. The van der Waals surface area contributed by atoms with Gasteiger partial charge in [-0.05, 0) is 50.3 Å². The molecule has 1 aliphatic carbocycles. The third kappa shape index (κ3) is 5.40. The van der Waals surface area contributed by atoms with Crippen LogP contribution in [0.3, 0.4) is 0 Å². The molecule has 3 N–H and O–H groups in total. The number of carbonyl (C=O) groups is 1. The summed E-state index contributed by atoms with van der Waals surface area (Å²) in [7, 11) is -8.07. The van der Waals surface area contributed by atoms with Crippen molar-refractivity contribution in [1.29, 1.82) is 0 Å². The average Bonchev–Trinajstić information content (AvgIpc) is 3.19. The number of hydrogen-bond acceptors (Lipinski definition) is 6. The second-order valence-corrected chi connectivity index (χ2v) is 12.9. The second-order valence-electron chi connectivity index (χ2n) is 8.11. The average molecular weight is 527 g/mol. The molecule has 1 saturated heterocycles. The summed E-state index contributed by atoms with van der Waals surface area (Å²) in [5.41, 5.74) is 5.92. The predicted molar refractivity (Wildman–Crippen MR) is 123 cm³/mol. The van der Waals surface area contributed by atoms with Gasteiger partial charge in [0, 0.05) is 25.2 Å². The van der Waals surface area contributed by atoms with Gasteiger partial charge in [-0.25, -0.2) is 16.8 Å². The Morgan fingerprint density at radius 3 is 2.28 bits per heavy atom. The van der Waals surface area contributed by atoms with E-state index in [1.807, 2.05) is 0 Å². The molecular formula is C19H28Cl2N4O5S2. The van der Waals surface area contributed by atoms with E-state index in [1.165, 1.54) is 18.2 Å². The number of hydrogen-bond donors (Lipinski definition) is 2. The van der Waals surface area contributed by atoms with Crippen LogP contribution in [0, 0.1) is 0 Å². The minimum absolute atomic E-state index is 0.0435. The van der Waals surface area contributed by atoms with Crippen LogP contribution in [0.25, 0.3) is 0 Å². The highest BCUT2D eigenvalue weighted by atomic mass is 35.5. The number of amides is 1. The van der Waals surface area contributed by atoms with Crippen LogP contribution in [0.15, 0.2) is 23.1 Å². The number of benzene rings is 1. The maximum absolute atomic E-state index is 13.4. The molecule has 2 fully saturated rings. The van der Waals surface area contributed by atoms with Gasteiger partial charge in [-0.15, -0.1) is 0 Å². The number of nitrogens with zero attached hydrogens (tertiary/aromatic N) is 2. The van der Waals surface area contributed by atoms with Gasteiger partial charge in [0.05, 0.1) is 20.7 Å². The van der Waals surface area contributed by atoms with Crippen molar-refractivity contribution in [3.05, 3.63) is 28.2 Å². The van der Waals surface area contributed by atoms with Crippen LogP contribution >= 0.6 is 23.2 Å². The highest BCUT2D eigenvalue weighted by molar-refractivity contribution is 7.90. The summed E-state index contributed by atoms with van der Waals surface area (Å²) in [5, 5.41) is 3.07. The van der Waals surface area contributed by atoms with Gasteiger partial charge >= 0.3 is 0 Å². The molecule has 0 spiro atoms. The van der Waals surface area contributed by atoms with Crippen LogP contribution in [0.5, 0.6) is 0 Å². The molecule has 9 nitrogen and oxygen atoms in total. The molecular weight excluding hydrogens is 499 g/mol. The molecule has 1 amide bonds. The van der Waals surface area contributed by atoms with Crippen molar-refractivity contribution in [3.63, 3.8) is 0 Å². The lowest BCUT2D eigenvalue weighted by Crippen LogP contribution is -2.56. The van der Waals surface area contributed by atoms with E-state index in [9.17, 15) is 21.6 Å². The van der Waals surface area contributed by atoms with Gasteiger partial charge in [-0.1, -0.05) is 30.1 Å². The van der Waals surface area contributed by atoms with Gasteiger partial charge in [0.25, 0.3) is 5.91 Å². The molecule has 0 bridgehead atoms. The maximum atomic E-state index is 13.4. The first-order chi connectivity index (χ1) is 15.0. The Kier molecular flexibility index (Phi) is 8.12. The van der Waals surface area contributed by atoms with Gasteiger partial charge in [0.15, 0.2) is 6.17 Å². The molecule has 2 aliphatic rings. The largest absolute Gasteiger partial charge is 0.351 e. The third-order valence-corrected chi connectivity index (χ3v) is 10.4. The number of halogens is 2. The van der Waals surface area contributed by atoms with Crippen molar-refractivity contribution in [1.82, 2.24) is 13.9 Å². The van der Waals surface area contributed by atoms with Crippen molar-refractivity contribution in [2.75, 3.05) is 18.8 Å². The van der Waals surface area contributed by atoms with Crippen LogP contribution in [0.1, 0.15) is 39.0 Å². The number of carbonyl (C=O) groups excluding carboxylic acids is 1. The highest BCUT2D eigenvalue weighted by Gasteiger charge is 2.49. The van der Waals surface area contributed by atoms with Crippen LogP contribution < -0.4 is 11.1 Å². The number of nitrogens with two attached hydrogens (primary N) is 1. The zero-order valence-corrected chi connectivity index (χ0v) is 20.9. The second kappa shape index (κ2) is 10.1. The Morgan fingerprint density at radius 2 is 1.69 bits per heavy atom. The molecule has 0 aromatic heterocycles. The zero-order valence-electron chi connectivity index (χ0n) is 17.7. The minimum atomic E-state index is -4.23. The molecule has 1 aromatic rings. The van der Waals surface area contributed by atoms with E-state index in [0.29, 0.717) is 19.3 Å². The van der Waals surface area contributed by atoms with E-state index in [2.05, 4.69) is 5.32 Å². The number of rotatable bonds is 7. The monoisotopic (exact) mass is 526 g/mol. The third-order valence-electron chi connectivity index (χ3n) is 5.76. The summed E-state index contributed by atoms with van der Waals surface area (Å²) >= 11 is 11.9. The molecule has 1 saturated carbocycles. The van der Waals surface area contributed by atoms with Crippen molar-refractivity contribution >= 4 is 49.2 Å². The van der Waals surface area contributed by atoms with E-state index in [4.69, 9.17) is 28.9 Å². The molecule has 13 heteroatoms. The van der Waals surface area contributed by atoms with E-state index in [1.54, 1.807) is 6.92 Å². The molecule has 0 radical (unpaired) electrons. The predicted octanol–water partition coefficient (Wildman–Crippen LogP) is 1.75. The van der Waals surface area contributed by atoms with Crippen molar-refractivity contribution in [2.45, 2.75) is 62.2 Å². The number of sulfonamides is 2. The molecule has 3 rings (SSSR count). The Labute approximate surface area is 199 Å². The normalized spacial score (nSPS) is 25.7. The Morgan fingerprint density at radius 1 is 1.06 bits per heavy atom. The quantitative estimate of drug-likeness (QED) is 0.556. The number of nitrogens with one attached hydrogen (secondary N) is 1. The van der Waals surface area contributed by atoms with Crippen LogP contribution in [0.4, 0.5) is 0 Å². The summed E-state index contributed by atoms with van der Waals surface area (Å²) in [4.78, 5) is 13.1. The SMILES string of the molecule is CCCS(=O)(=O)N1CCN(S(=O)(=O)c2ccc(Cl)c(Cl)c2)C1C(=O)NC1CCC(N)CC1. The van der Waals surface area contributed by atoms with Crippen LogP contribution in [0.2, 0.25) is 10.0 Å². The smallest absolute Gasteiger partial charge is 0.254 e. The fourth-order valence-corrected chi connectivity index (χ4v) is 7.70. The van der Waals surface area contributed by atoms with Crippen molar-refractivity contribution < 1.29 is 21.6 Å². The zero-order chi connectivity index (χ0) is 23.7. The van der Waals surface area contributed by atoms with Crippen LogP contribution in [-0.2, 0) is 24.8 Å². The fraction of sp³-hybridized carbons (Fsp3) is 0.632.